The van der Waals surface area contributed by atoms with Gasteiger partial charge in [-0.1, -0.05) is 0 Å². The van der Waals surface area contributed by atoms with Gasteiger partial charge in [0.25, 0.3) is 0 Å². The number of ether oxygens (including phenoxy) is 1. The number of ketones is 1. The predicted octanol–water partition coefficient (Wildman–Crippen LogP) is 1.73. The van der Waals surface area contributed by atoms with Crippen LogP contribution in [0.25, 0.3) is 0 Å². The summed E-state index contributed by atoms with van der Waals surface area (Å²) in [5.41, 5.74) is -1.10. The smallest absolute Gasteiger partial charge is 0.410 e. The molecular formula is C12H18N2O3. The molecule has 0 spiro atoms. The lowest BCUT2D eigenvalue weighted by molar-refractivity contribution is -0.135. The Morgan fingerprint density at radius 2 is 1.94 bits per heavy atom. The lowest BCUT2D eigenvalue weighted by Crippen LogP contribution is -2.61. The second kappa shape index (κ2) is 4.36. The van der Waals surface area contributed by atoms with Gasteiger partial charge < -0.3 is 9.64 Å². The summed E-state index contributed by atoms with van der Waals surface area (Å²) >= 11 is 0. The van der Waals surface area contributed by atoms with Crippen LogP contribution in [0, 0.1) is 16.7 Å². The van der Waals surface area contributed by atoms with Crippen molar-refractivity contribution in [3.8, 4) is 6.07 Å². The van der Waals surface area contributed by atoms with Crippen LogP contribution in [0.3, 0.4) is 0 Å². The summed E-state index contributed by atoms with van der Waals surface area (Å²) in [4.78, 5) is 24.7. The molecule has 0 saturated carbocycles. The van der Waals surface area contributed by atoms with Gasteiger partial charge >= 0.3 is 6.09 Å². The van der Waals surface area contributed by atoms with E-state index in [2.05, 4.69) is 0 Å². The van der Waals surface area contributed by atoms with Crippen molar-refractivity contribution in [2.45, 2.75) is 39.7 Å². The van der Waals surface area contributed by atoms with Crippen molar-refractivity contribution in [1.29, 1.82) is 5.26 Å². The molecule has 0 N–H and O–H groups in total. The highest BCUT2D eigenvalue weighted by Crippen LogP contribution is 2.32. The molecule has 0 unspecified atom stereocenters. The van der Waals surface area contributed by atoms with Gasteiger partial charge in [0.1, 0.15) is 5.60 Å². The molecule has 1 aliphatic heterocycles. The van der Waals surface area contributed by atoms with E-state index in [1.54, 1.807) is 27.7 Å². The predicted molar refractivity (Wildman–Crippen MR) is 61.2 cm³/mol. The second-order valence-corrected chi connectivity index (χ2v) is 5.66. The van der Waals surface area contributed by atoms with E-state index >= 15 is 0 Å². The highest BCUT2D eigenvalue weighted by atomic mass is 16.6. The fraction of sp³-hybridized carbons (Fsp3) is 0.750. The minimum atomic E-state index is -0.577. The van der Waals surface area contributed by atoms with Crippen LogP contribution >= 0.6 is 0 Å². The molecular weight excluding hydrogens is 220 g/mol. The first-order valence-electron chi connectivity index (χ1n) is 5.56. The van der Waals surface area contributed by atoms with Gasteiger partial charge in [0.05, 0.1) is 17.9 Å². The van der Waals surface area contributed by atoms with E-state index in [4.69, 9.17) is 10.00 Å². The molecule has 1 aliphatic rings. The standard InChI is InChI=1S/C12H18N2O3/c1-11(2,3)17-10(16)14-7-12(4,8-14)9(15)5-6-13/h5,7-8H2,1-4H3. The van der Waals surface area contributed by atoms with Crippen LogP contribution in [0.1, 0.15) is 34.1 Å². The van der Waals surface area contributed by atoms with Crippen LogP contribution < -0.4 is 0 Å². The van der Waals surface area contributed by atoms with E-state index in [-0.39, 0.29) is 12.2 Å². The lowest BCUT2D eigenvalue weighted by atomic mass is 9.77. The molecule has 0 bridgehead atoms. The van der Waals surface area contributed by atoms with Crippen LogP contribution in [-0.4, -0.2) is 35.5 Å². The summed E-state index contributed by atoms with van der Waals surface area (Å²) in [6.07, 6.45) is -0.502. The lowest BCUT2D eigenvalue weighted by Gasteiger charge is -2.46. The fourth-order valence-corrected chi connectivity index (χ4v) is 1.71. The van der Waals surface area contributed by atoms with Crippen LogP contribution in [0.15, 0.2) is 0 Å². The quantitative estimate of drug-likeness (QED) is 0.734. The molecule has 5 heteroatoms. The maximum atomic E-state index is 11.6. The molecule has 1 saturated heterocycles. The summed E-state index contributed by atoms with van der Waals surface area (Å²) < 4.78 is 5.19. The number of hydrogen-bond donors (Lipinski definition) is 0. The Hall–Kier alpha value is -1.57. The summed E-state index contributed by atoms with van der Waals surface area (Å²) in [5, 5.41) is 8.47. The van der Waals surface area contributed by atoms with Gasteiger partial charge in [0, 0.05) is 13.1 Å². The number of likely N-dealkylation sites (tertiary alicyclic amines) is 1. The maximum absolute atomic E-state index is 11.6. The number of carbonyl (C=O) groups excluding carboxylic acids is 2. The average molecular weight is 238 g/mol. The Balaban J connectivity index is 2.49. The summed E-state index contributed by atoms with van der Waals surface area (Å²) in [6, 6.07) is 1.84. The SMILES string of the molecule is CC(C)(C)OC(=O)N1CC(C)(C(=O)CC#N)C1. The van der Waals surface area contributed by atoms with Gasteiger partial charge in [0.15, 0.2) is 5.78 Å². The van der Waals surface area contributed by atoms with Crippen LogP contribution in [0.4, 0.5) is 4.79 Å². The second-order valence-electron chi connectivity index (χ2n) is 5.66. The molecule has 1 amide bonds. The zero-order valence-corrected chi connectivity index (χ0v) is 10.7. The number of amides is 1. The van der Waals surface area contributed by atoms with Crippen molar-refractivity contribution < 1.29 is 14.3 Å². The molecule has 1 rings (SSSR count). The van der Waals surface area contributed by atoms with Crippen molar-refractivity contribution >= 4 is 11.9 Å². The highest BCUT2D eigenvalue weighted by Gasteiger charge is 2.47. The van der Waals surface area contributed by atoms with Gasteiger partial charge in [-0.2, -0.15) is 5.26 Å². The summed E-state index contributed by atoms with van der Waals surface area (Å²) in [7, 11) is 0. The van der Waals surface area contributed by atoms with Gasteiger partial charge in [-0.05, 0) is 27.7 Å². The van der Waals surface area contributed by atoms with Crippen molar-refractivity contribution in [2.75, 3.05) is 13.1 Å². The van der Waals surface area contributed by atoms with Crippen molar-refractivity contribution in [1.82, 2.24) is 4.90 Å². The number of nitrogens with zero attached hydrogens (tertiary/aromatic N) is 2. The first-order chi connectivity index (χ1) is 7.68. The van der Waals surface area contributed by atoms with Crippen LogP contribution in [-0.2, 0) is 9.53 Å². The molecule has 0 aromatic rings. The summed E-state index contributed by atoms with van der Waals surface area (Å²) in [6.45, 7) is 7.83. The Morgan fingerprint density at radius 3 is 2.35 bits per heavy atom. The van der Waals surface area contributed by atoms with Crippen molar-refractivity contribution in [3.63, 3.8) is 0 Å². The third-order valence-electron chi connectivity index (χ3n) is 2.64. The monoisotopic (exact) mass is 238 g/mol. The maximum Gasteiger partial charge on any atom is 0.410 e. The largest absolute Gasteiger partial charge is 0.444 e. The van der Waals surface area contributed by atoms with Crippen molar-refractivity contribution in [2.24, 2.45) is 5.41 Å². The number of Topliss-reactive ketones (excluding diaryl/α,β-unsaturated/α-hetero) is 1. The van der Waals surface area contributed by atoms with Crippen molar-refractivity contribution in [3.05, 3.63) is 0 Å². The van der Waals surface area contributed by atoms with E-state index in [0.29, 0.717) is 13.1 Å². The normalized spacial score (nSPS) is 17.9. The number of hydrogen-bond acceptors (Lipinski definition) is 4. The molecule has 0 atom stereocenters. The zero-order chi connectivity index (χ0) is 13.3. The van der Waals surface area contributed by atoms with E-state index in [1.165, 1.54) is 4.90 Å². The third-order valence-corrected chi connectivity index (χ3v) is 2.64. The molecule has 0 aromatic carbocycles. The zero-order valence-electron chi connectivity index (χ0n) is 10.7. The Bertz CT molecular complexity index is 370. The Kier molecular flexibility index (Phi) is 3.46. The Morgan fingerprint density at radius 1 is 1.41 bits per heavy atom. The fourth-order valence-electron chi connectivity index (χ4n) is 1.71. The topological polar surface area (TPSA) is 70.4 Å². The van der Waals surface area contributed by atoms with E-state index < -0.39 is 17.1 Å². The minimum Gasteiger partial charge on any atom is -0.444 e. The van der Waals surface area contributed by atoms with Crippen LogP contribution in [0.2, 0.25) is 0 Å². The van der Waals surface area contributed by atoms with Gasteiger partial charge in [-0.15, -0.1) is 0 Å². The number of nitriles is 1. The number of rotatable bonds is 2. The van der Waals surface area contributed by atoms with Gasteiger partial charge in [-0.25, -0.2) is 4.79 Å². The Labute approximate surface area is 101 Å². The van der Waals surface area contributed by atoms with Crippen LogP contribution in [0.5, 0.6) is 0 Å². The summed E-state index contributed by atoms with van der Waals surface area (Å²) in [5.74, 6) is -0.111. The first kappa shape index (κ1) is 13.5. The van der Waals surface area contributed by atoms with E-state index in [9.17, 15) is 9.59 Å². The molecule has 5 nitrogen and oxygen atoms in total. The average Bonchev–Trinajstić information content (AvgIpc) is 2.10. The molecule has 0 radical (unpaired) electrons. The van der Waals surface area contributed by atoms with Gasteiger partial charge in [-0.3, -0.25) is 4.79 Å². The highest BCUT2D eigenvalue weighted by molar-refractivity contribution is 5.89. The first-order valence-corrected chi connectivity index (χ1v) is 5.56. The number of carbonyl (C=O) groups is 2. The molecule has 1 fully saturated rings. The van der Waals surface area contributed by atoms with Gasteiger partial charge in [0.2, 0.25) is 0 Å². The van der Waals surface area contributed by atoms with E-state index in [1.807, 2.05) is 6.07 Å². The third kappa shape index (κ3) is 3.19. The molecule has 17 heavy (non-hydrogen) atoms. The molecule has 1 heterocycles. The molecule has 0 aliphatic carbocycles. The molecule has 94 valence electrons. The molecule has 0 aromatic heterocycles. The minimum absolute atomic E-state index is 0.0986. The van der Waals surface area contributed by atoms with E-state index in [0.717, 1.165) is 0 Å².